The summed E-state index contributed by atoms with van der Waals surface area (Å²) in [5.41, 5.74) is 0. The van der Waals surface area contributed by atoms with E-state index in [1.807, 2.05) is 0 Å². The van der Waals surface area contributed by atoms with Gasteiger partial charge in [-0.2, -0.15) is 0 Å². The van der Waals surface area contributed by atoms with Crippen molar-refractivity contribution >= 4 is 41.3 Å². The molecule has 1 aliphatic heterocycles. The topological polar surface area (TPSA) is 68.1 Å². The van der Waals surface area contributed by atoms with Gasteiger partial charge in [-0.05, 0) is 0 Å². The molecular formula is C3H3N4OS2+. The first-order chi connectivity index (χ1) is 4.79. The van der Waals surface area contributed by atoms with Crippen molar-refractivity contribution in [2.24, 2.45) is 14.6 Å². The summed E-state index contributed by atoms with van der Waals surface area (Å²) in [5.74, 6) is 0.312. The molecule has 0 saturated heterocycles. The lowest BCUT2D eigenvalue weighted by molar-refractivity contribution is -0.307. The number of hydrogen-bond donors (Lipinski definition) is 2. The van der Waals surface area contributed by atoms with Crippen LogP contribution in [-0.4, -0.2) is 16.7 Å². The van der Waals surface area contributed by atoms with E-state index in [1.54, 1.807) is 0 Å². The number of hydrogen-bond acceptors (Lipinski definition) is 4. The summed E-state index contributed by atoms with van der Waals surface area (Å²) >= 11 is 4.18. The lowest BCUT2D eigenvalue weighted by Crippen LogP contribution is -2.70. The van der Waals surface area contributed by atoms with Gasteiger partial charge in [0.05, 0.1) is 5.11 Å². The fourth-order valence-electron chi connectivity index (χ4n) is 0.326. The maximum atomic E-state index is 10.2. The standard InChI is InChI=1S/C3H2N4OS2/c8-3(9)10-7-2-4-1-5-6-2/h1H,(H,8,9)/p+1. The van der Waals surface area contributed by atoms with Crippen LogP contribution < -0.4 is 4.99 Å². The summed E-state index contributed by atoms with van der Waals surface area (Å²) < 4.78 is 3.25. The number of nitrogens with zero attached hydrogens (tertiary/aromatic N) is 3. The summed E-state index contributed by atoms with van der Waals surface area (Å²) in [6.45, 7) is 0. The predicted molar refractivity (Wildman–Crippen MR) is 41.3 cm³/mol. The van der Waals surface area contributed by atoms with Gasteiger partial charge in [0.2, 0.25) is 6.34 Å². The van der Waals surface area contributed by atoms with Crippen LogP contribution in [0.15, 0.2) is 14.6 Å². The Balaban J connectivity index is 2.48. The Hall–Kier alpha value is -0.690. The Morgan fingerprint density at radius 1 is 1.90 bits per heavy atom. The highest BCUT2D eigenvalue weighted by molar-refractivity contribution is 8.31. The normalized spacial score (nSPS) is 18.7. The predicted octanol–water partition coefficient (Wildman–Crippen LogP) is -0.385. The molecule has 1 N–H and O–H groups in total. The highest BCUT2D eigenvalue weighted by Crippen LogP contribution is 2.07. The van der Waals surface area contributed by atoms with Gasteiger partial charge in [-0.3, -0.25) is 4.79 Å². The molecule has 0 saturated carbocycles. The third-order valence-electron chi connectivity index (χ3n) is 0.614. The number of azo groups is 1. The Kier molecular flexibility index (Phi) is 2.57. The first kappa shape index (κ1) is 7.42. The minimum Gasteiger partial charge on any atom is -0.272 e. The average Bonchev–Trinajstić information content (AvgIpc) is 2.34. The highest BCUT2D eigenvalue weighted by Gasteiger charge is 2.08. The van der Waals surface area contributed by atoms with Gasteiger partial charge in [0.25, 0.3) is 4.45 Å². The Bertz CT molecular complexity index is 219. The summed E-state index contributed by atoms with van der Waals surface area (Å²) in [4.78, 5) is 12.8. The summed E-state index contributed by atoms with van der Waals surface area (Å²) in [6.07, 6.45) is 1.38. The molecule has 0 atom stereocenters. The van der Waals surface area contributed by atoms with Gasteiger partial charge < -0.3 is 0 Å². The van der Waals surface area contributed by atoms with Gasteiger partial charge in [0.15, 0.2) is 0 Å². The van der Waals surface area contributed by atoms with Crippen molar-refractivity contribution in [3.05, 3.63) is 0 Å². The maximum absolute atomic E-state index is 10.2. The molecule has 0 aromatic heterocycles. The molecule has 0 aromatic carbocycles. The van der Waals surface area contributed by atoms with Crippen LogP contribution in [0.3, 0.4) is 0 Å². The van der Waals surface area contributed by atoms with E-state index in [-0.39, 0.29) is 4.45 Å². The van der Waals surface area contributed by atoms with E-state index in [0.717, 1.165) is 0 Å². The molecule has 0 radical (unpaired) electrons. The van der Waals surface area contributed by atoms with E-state index in [1.165, 1.54) is 6.34 Å². The van der Waals surface area contributed by atoms with Gasteiger partial charge >= 0.3 is 5.96 Å². The van der Waals surface area contributed by atoms with Crippen LogP contribution >= 0.6 is 24.6 Å². The molecule has 0 spiro atoms. The van der Waals surface area contributed by atoms with Crippen molar-refractivity contribution < 1.29 is 9.79 Å². The number of nitrogens with one attached hydrogen (secondary N) is 1. The monoisotopic (exact) mass is 175 g/mol. The molecule has 10 heavy (non-hydrogen) atoms. The largest absolute Gasteiger partial charge is 0.423 e. The molecule has 1 aliphatic rings. The van der Waals surface area contributed by atoms with Crippen molar-refractivity contribution in [2.45, 2.75) is 0 Å². The van der Waals surface area contributed by atoms with Gasteiger partial charge in [-0.25, -0.2) is 4.99 Å². The van der Waals surface area contributed by atoms with E-state index in [4.69, 9.17) is 0 Å². The van der Waals surface area contributed by atoms with Crippen LogP contribution in [0.5, 0.6) is 0 Å². The maximum Gasteiger partial charge on any atom is 0.423 e. The van der Waals surface area contributed by atoms with Gasteiger partial charge in [-0.1, -0.05) is 17.0 Å². The molecule has 0 bridgehead atoms. The van der Waals surface area contributed by atoms with E-state index >= 15 is 0 Å². The average molecular weight is 175 g/mol. The number of carbonyl (C=O) groups is 1. The second-order valence-corrected chi connectivity index (χ2v) is 2.71. The summed E-state index contributed by atoms with van der Waals surface area (Å²) in [5, 5.41) is 6.96. The van der Waals surface area contributed by atoms with Crippen LogP contribution in [0.25, 0.3) is 0 Å². The van der Waals surface area contributed by atoms with Crippen molar-refractivity contribution in [1.29, 1.82) is 0 Å². The third kappa shape index (κ3) is 2.28. The van der Waals surface area contributed by atoms with Crippen LogP contribution in [0.2, 0.25) is 0 Å². The zero-order chi connectivity index (χ0) is 7.40. The fraction of sp³-hybridized carbons (Fsp3) is 0. The second-order valence-electron chi connectivity index (χ2n) is 1.26. The number of guanidine groups is 1. The molecule has 52 valence electrons. The molecule has 7 heteroatoms. The number of thiol groups is 1. The zero-order valence-corrected chi connectivity index (χ0v) is 6.39. The molecule has 5 nitrogen and oxygen atoms in total. The van der Waals surface area contributed by atoms with Crippen LogP contribution in [0, 0.1) is 0 Å². The first-order valence-corrected chi connectivity index (χ1v) is 3.48. The molecule has 1 heterocycles. The molecule has 0 aromatic rings. The molecule has 1 rings (SSSR count). The minimum atomic E-state index is -0.378. The smallest absolute Gasteiger partial charge is 0.272 e. The molecular weight excluding hydrogens is 172 g/mol. The molecule has 0 aliphatic carbocycles. The first-order valence-electron chi connectivity index (χ1n) is 2.26. The lowest BCUT2D eigenvalue weighted by Gasteiger charge is -1.74. The summed E-state index contributed by atoms with van der Waals surface area (Å²) in [7, 11) is 0. The number of rotatable bonds is 1. The van der Waals surface area contributed by atoms with Crippen molar-refractivity contribution in [2.75, 3.05) is 0 Å². The second kappa shape index (κ2) is 3.47. The van der Waals surface area contributed by atoms with E-state index in [2.05, 4.69) is 32.2 Å². The van der Waals surface area contributed by atoms with E-state index in [0.29, 0.717) is 17.9 Å². The third-order valence-corrected chi connectivity index (χ3v) is 1.28. The Morgan fingerprint density at radius 3 is 3.20 bits per heavy atom. The van der Waals surface area contributed by atoms with Crippen LogP contribution in [0.1, 0.15) is 0 Å². The minimum absolute atomic E-state index is 0.312. The van der Waals surface area contributed by atoms with Crippen LogP contribution in [0.4, 0.5) is 4.79 Å². The zero-order valence-electron chi connectivity index (χ0n) is 4.68. The van der Waals surface area contributed by atoms with Gasteiger partial charge in [0, 0.05) is 5.11 Å². The lowest BCUT2D eigenvalue weighted by atomic mass is 11.1. The van der Waals surface area contributed by atoms with Gasteiger partial charge in [-0.15, -0.1) is 0 Å². The Morgan fingerprint density at radius 2 is 2.70 bits per heavy atom. The molecule has 0 unspecified atom stereocenters. The van der Waals surface area contributed by atoms with E-state index in [9.17, 15) is 4.79 Å². The van der Waals surface area contributed by atoms with Gasteiger partial charge in [0.1, 0.15) is 11.9 Å². The van der Waals surface area contributed by atoms with E-state index < -0.39 is 0 Å². The summed E-state index contributed by atoms with van der Waals surface area (Å²) in [6, 6.07) is 0. The Labute approximate surface area is 66.3 Å². The number of carbonyl (C=O) groups excluding carboxylic acids is 1. The van der Waals surface area contributed by atoms with Crippen molar-refractivity contribution in [3.8, 4) is 0 Å². The SMILES string of the molecule is O=C(S)SN=C1N=NC=[NH+]1. The van der Waals surface area contributed by atoms with Crippen molar-refractivity contribution in [1.82, 2.24) is 0 Å². The molecule has 0 amide bonds. The highest BCUT2D eigenvalue weighted by atomic mass is 32.2. The quantitative estimate of drug-likeness (QED) is 0.421. The van der Waals surface area contributed by atoms with Crippen molar-refractivity contribution in [3.63, 3.8) is 0 Å². The molecule has 0 fully saturated rings. The fourth-order valence-corrected chi connectivity index (χ4v) is 0.702. The van der Waals surface area contributed by atoms with Crippen LogP contribution in [-0.2, 0) is 0 Å².